The monoisotopic (exact) mass is 498 g/mol. The van der Waals surface area contributed by atoms with Gasteiger partial charge in [0.05, 0.1) is 34.9 Å². The summed E-state index contributed by atoms with van der Waals surface area (Å²) in [4.78, 5) is 16.3. The summed E-state index contributed by atoms with van der Waals surface area (Å²) in [5.41, 5.74) is 3.39. The number of imidazole rings is 1. The number of methoxy groups -OCH3 is 1. The van der Waals surface area contributed by atoms with Gasteiger partial charge in [0.25, 0.3) is 0 Å². The van der Waals surface area contributed by atoms with Crippen molar-refractivity contribution < 1.29 is 9.13 Å². The van der Waals surface area contributed by atoms with Crippen LogP contribution in [0, 0.1) is 17.2 Å². The van der Waals surface area contributed by atoms with E-state index in [0.717, 1.165) is 54.4 Å². The molecule has 5 rings (SSSR count). The zero-order chi connectivity index (χ0) is 24.5. The van der Waals surface area contributed by atoms with Crippen molar-refractivity contribution >= 4 is 34.5 Å². The van der Waals surface area contributed by atoms with E-state index in [9.17, 15) is 4.39 Å². The molecule has 3 aromatic rings. The predicted octanol–water partition coefficient (Wildman–Crippen LogP) is 5.88. The molecule has 3 aromatic heterocycles. The summed E-state index contributed by atoms with van der Waals surface area (Å²) in [5, 5.41) is 8.76. The van der Waals surface area contributed by atoms with Gasteiger partial charge in [-0.1, -0.05) is 31.4 Å². The van der Waals surface area contributed by atoms with Crippen molar-refractivity contribution in [1.29, 1.82) is 5.41 Å². The lowest BCUT2D eigenvalue weighted by molar-refractivity contribution is 0.266. The highest BCUT2D eigenvalue weighted by Crippen LogP contribution is 2.37. The van der Waals surface area contributed by atoms with Gasteiger partial charge in [0, 0.05) is 31.0 Å². The summed E-state index contributed by atoms with van der Waals surface area (Å²) >= 11 is 6.30. The third kappa shape index (κ3) is 4.73. The largest absolute Gasteiger partial charge is 0.480 e. The molecule has 1 aliphatic heterocycles. The van der Waals surface area contributed by atoms with Gasteiger partial charge in [-0.25, -0.2) is 14.4 Å². The fraction of sp³-hybridized carbons (Fsp3) is 0.538. The Bertz CT molecular complexity index is 1220. The van der Waals surface area contributed by atoms with Gasteiger partial charge in [-0.05, 0) is 49.7 Å². The number of fused-ring (bicyclic) bond motifs is 1. The lowest BCUT2D eigenvalue weighted by Gasteiger charge is -2.29. The fourth-order valence-corrected chi connectivity index (χ4v) is 5.70. The molecule has 1 N–H and O–H groups in total. The lowest BCUT2D eigenvalue weighted by atomic mass is 9.83. The minimum Gasteiger partial charge on any atom is -0.480 e. The molecule has 7 nitrogen and oxygen atoms in total. The summed E-state index contributed by atoms with van der Waals surface area (Å²) in [6.07, 6.45) is 9.87. The standard InChI is InChI=1S/C26H32ClFN6O/c1-16-5-7-17(8-6-16)15-34-24-21(32-26(34)33-9-3-4-20(33)12-28)11-22(25(29)35-2)31-23(24)18-10-19(27)14-30-13-18/h10-11,13-14,16-17,20,29H,3-9,12,15H2,1-2H3/t16?,17?,20-/m0/s1. The molecule has 0 bridgehead atoms. The quantitative estimate of drug-likeness (QED) is 0.339. The maximum Gasteiger partial charge on any atom is 0.232 e. The number of hydrogen-bond acceptors (Lipinski definition) is 6. The molecule has 0 unspecified atom stereocenters. The predicted molar refractivity (Wildman–Crippen MR) is 137 cm³/mol. The molecule has 35 heavy (non-hydrogen) atoms. The Hall–Kier alpha value is -2.74. The number of halogens is 2. The van der Waals surface area contributed by atoms with Crippen LogP contribution in [0.3, 0.4) is 0 Å². The Balaban J connectivity index is 1.72. The molecule has 1 saturated heterocycles. The van der Waals surface area contributed by atoms with E-state index < -0.39 is 6.67 Å². The second-order valence-electron chi connectivity index (χ2n) is 9.94. The van der Waals surface area contributed by atoms with Crippen LogP contribution in [0.2, 0.25) is 5.02 Å². The van der Waals surface area contributed by atoms with Crippen molar-refractivity contribution in [2.45, 2.75) is 58.0 Å². The number of aromatic nitrogens is 4. The van der Waals surface area contributed by atoms with Gasteiger partial charge in [0.1, 0.15) is 12.4 Å². The molecule has 1 atom stereocenters. The summed E-state index contributed by atoms with van der Waals surface area (Å²) < 4.78 is 21.4. The first-order valence-corrected chi connectivity index (χ1v) is 12.8. The highest BCUT2D eigenvalue weighted by Gasteiger charge is 2.31. The summed E-state index contributed by atoms with van der Waals surface area (Å²) in [5.74, 6) is 2.04. The Labute approximate surface area is 210 Å². The van der Waals surface area contributed by atoms with Crippen molar-refractivity contribution in [3.8, 4) is 11.3 Å². The second-order valence-corrected chi connectivity index (χ2v) is 10.4. The number of nitrogens with zero attached hydrogens (tertiary/aromatic N) is 5. The van der Waals surface area contributed by atoms with Gasteiger partial charge in [-0.3, -0.25) is 10.4 Å². The van der Waals surface area contributed by atoms with E-state index in [2.05, 4.69) is 21.4 Å². The third-order valence-electron chi connectivity index (χ3n) is 7.51. The van der Waals surface area contributed by atoms with Crippen molar-refractivity contribution in [3.63, 3.8) is 0 Å². The van der Waals surface area contributed by atoms with Gasteiger partial charge in [0.2, 0.25) is 11.8 Å². The molecule has 0 spiro atoms. The first-order valence-electron chi connectivity index (χ1n) is 12.5. The molecule has 0 aromatic carbocycles. The van der Waals surface area contributed by atoms with Crippen molar-refractivity contribution in [3.05, 3.63) is 35.2 Å². The van der Waals surface area contributed by atoms with Gasteiger partial charge >= 0.3 is 0 Å². The summed E-state index contributed by atoms with van der Waals surface area (Å²) in [6.45, 7) is 3.51. The molecule has 4 heterocycles. The highest BCUT2D eigenvalue weighted by atomic mass is 35.5. The van der Waals surface area contributed by atoms with E-state index in [1.807, 2.05) is 6.07 Å². The Morgan fingerprint density at radius 3 is 2.69 bits per heavy atom. The summed E-state index contributed by atoms with van der Waals surface area (Å²) in [6, 6.07) is 3.46. The van der Waals surface area contributed by atoms with Crippen molar-refractivity contribution in [1.82, 2.24) is 19.5 Å². The van der Waals surface area contributed by atoms with Gasteiger partial charge in [-0.15, -0.1) is 0 Å². The Kier molecular flexibility index (Phi) is 6.91. The smallest absolute Gasteiger partial charge is 0.232 e. The van der Waals surface area contributed by atoms with E-state index in [-0.39, 0.29) is 11.9 Å². The maximum atomic E-state index is 14.0. The number of ether oxygens (including phenoxy) is 1. The topological polar surface area (TPSA) is 79.9 Å². The van der Waals surface area contributed by atoms with Crippen LogP contribution < -0.4 is 4.90 Å². The van der Waals surface area contributed by atoms with E-state index in [1.54, 1.807) is 18.5 Å². The number of alkyl halides is 1. The Morgan fingerprint density at radius 1 is 1.17 bits per heavy atom. The van der Waals surface area contributed by atoms with Crippen LogP contribution in [0.1, 0.15) is 51.1 Å². The average Bonchev–Trinajstić information content (AvgIpc) is 3.48. The molecular weight excluding hydrogens is 467 g/mol. The molecule has 0 radical (unpaired) electrons. The molecule has 1 aliphatic carbocycles. The number of rotatable bonds is 6. The van der Waals surface area contributed by atoms with Crippen molar-refractivity contribution in [2.75, 3.05) is 25.2 Å². The zero-order valence-corrected chi connectivity index (χ0v) is 21.1. The SMILES string of the molecule is COC(=N)c1cc2nc(N3CCC[C@H]3CF)n(CC3CCC(C)CC3)c2c(-c2cncc(Cl)c2)n1. The zero-order valence-electron chi connectivity index (χ0n) is 20.3. The van der Waals surface area contributed by atoms with Crippen LogP contribution in [0.4, 0.5) is 10.3 Å². The first-order chi connectivity index (χ1) is 17.0. The molecule has 186 valence electrons. The van der Waals surface area contributed by atoms with Crippen LogP contribution >= 0.6 is 11.6 Å². The van der Waals surface area contributed by atoms with E-state index in [1.165, 1.54) is 32.8 Å². The molecule has 1 saturated carbocycles. The Morgan fingerprint density at radius 2 is 1.97 bits per heavy atom. The molecule has 2 fully saturated rings. The molecule has 0 amide bonds. The maximum absolute atomic E-state index is 14.0. The highest BCUT2D eigenvalue weighted by molar-refractivity contribution is 6.30. The van der Waals surface area contributed by atoms with E-state index in [4.69, 9.17) is 31.7 Å². The normalized spacial score (nSPS) is 22.6. The summed E-state index contributed by atoms with van der Waals surface area (Å²) in [7, 11) is 1.46. The number of nitrogens with one attached hydrogen (secondary N) is 1. The van der Waals surface area contributed by atoms with Gasteiger partial charge in [-0.2, -0.15) is 0 Å². The molecule has 9 heteroatoms. The van der Waals surface area contributed by atoms with Crippen molar-refractivity contribution in [2.24, 2.45) is 11.8 Å². The van der Waals surface area contributed by atoms with Crippen LogP contribution in [0.25, 0.3) is 22.3 Å². The minimum atomic E-state index is -0.396. The fourth-order valence-electron chi connectivity index (χ4n) is 5.53. The van der Waals surface area contributed by atoms with Gasteiger partial charge < -0.3 is 14.2 Å². The molecule has 2 aliphatic rings. The van der Waals surface area contributed by atoms with Crippen LogP contribution in [-0.2, 0) is 11.3 Å². The minimum absolute atomic E-state index is 0.0386. The number of hydrogen-bond donors (Lipinski definition) is 1. The van der Waals surface area contributed by atoms with Crippen LogP contribution in [0.15, 0.2) is 24.5 Å². The number of anilines is 1. The van der Waals surface area contributed by atoms with Gasteiger partial charge in [0.15, 0.2) is 0 Å². The number of pyridine rings is 2. The molecular formula is C26H32ClFN6O. The van der Waals surface area contributed by atoms with Crippen LogP contribution in [0.5, 0.6) is 0 Å². The first kappa shape index (κ1) is 24.0. The second kappa shape index (κ2) is 10.1. The van der Waals surface area contributed by atoms with E-state index in [0.29, 0.717) is 22.3 Å². The van der Waals surface area contributed by atoms with E-state index >= 15 is 0 Å². The lowest BCUT2D eigenvalue weighted by Crippen LogP contribution is -2.33. The average molecular weight is 499 g/mol. The van der Waals surface area contributed by atoms with Crippen LogP contribution in [-0.4, -0.2) is 51.8 Å². The third-order valence-corrected chi connectivity index (χ3v) is 7.71.